The second-order valence-corrected chi connectivity index (χ2v) is 3.90. The normalized spacial score (nSPS) is 9.73. The minimum atomic E-state index is -0.360. The molecule has 0 aromatic heterocycles. The van der Waals surface area contributed by atoms with Crippen LogP contribution in [0, 0.1) is 0 Å². The van der Waals surface area contributed by atoms with Gasteiger partial charge in [-0.3, -0.25) is 0 Å². The van der Waals surface area contributed by atoms with Crippen molar-refractivity contribution in [2.45, 2.75) is 13.5 Å². The molecule has 0 unspecified atom stereocenters. The van der Waals surface area contributed by atoms with Crippen LogP contribution in [-0.2, 0) is 11.3 Å². The molecular formula is C10H13NO2S2. The van der Waals surface area contributed by atoms with Gasteiger partial charge in [0.2, 0.25) is 0 Å². The number of amides is 1. The molecule has 0 heterocycles. The van der Waals surface area contributed by atoms with Crippen LogP contribution in [0.1, 0.15) is 12.5 Å². The summed E-state index contributed by atoms with van der Waals surface area (Å²) in [6, 6.07) is 9.71. The summed E-state index contributed by atoms with van der Waals surface area (Å²) in [6.45, 7) is 2.65. The van der Waals surface area contributed by atoms with Crippen molar-refractivity contribution < 1.29 is 9.53 Å². The van der Waals surface area contributed by atoms with E-state index in [2.05, 4.69) is 11.7 Å². The Balaban J connectivity index is 2.58. The third-order valence-corrected chi connectivity index (χ3v) is 2.81. The lowest BCUT2D eigenvalue weighted by atomic mass is 10.2. The predicted molar refractivity (Wildman–Crippen MR) is 65.6 cm³/mol. The smallest absolute Gasteiger partial charge is 0.420 e. The molecule has 1 rings (SSSR count). The van der Waals surface area contributed by atoms with Crippen LogP contribution in [-0.4, -0.2) is 17.0 Å². The van der Waals surface area contributed by atoms with E-state index in [4.69, 9.17) is 4.74 Å². The van der Waals surface area contributed by atoms with Crippen LogP contribution in [0.25, 0.3) is 0 Å². The topological polar surface area (TPSA) is 29.5 Å². The molecule has 0 aliphatic carbocycles. The zero-order valence-electron chi connectivity index (χ0n) is 8.42. The molecule has 0 saturated heterocycles. The molecule has 0 atom stereocenters. The number of thiol groups is 1. The van der Waals surface area contributed by atoms with E-state index in [1.807, 2.05) is 30.3 Å². The van der Waals surface area contributed by atoms with Crippen LogP contribution >= 0.6 is 22.6 Å². The van der Waals surface area contributed by atoms with E-state index >= 15 is 0 Å². The molecule has 0 bridgehead atoms. The highest BCUT2D eigenvalue weighted by molar-refractivity contribution is 8.67. The highest BCUT2D eigenvalue weighted by Gasteiger charge is 2.13. The third kappa shape index (κ3) is 4.05. The first-order chi connectivity index (χ1) is 7.27. The maximum Gasteiger partial charge on any atom is 0.420 e. The maximum atomic E-state index is 11.4. The summed E-state index contributed by atoms with van der Waals surface area (Å²) in [6.07, 6.45) is -0.360. The van der Waals surface area contributed by atoms with Crippen molar-refractivity contribution in [3.63, 3.8) is 0 Å². The minimum absolute atomic E-state index is 0.360. The van der Waals surface area contributed by atoms with Gasteiger partial charge >= 0.3 is 6.09 Å². The first kappa shape index (κ1) is 12.3. The van der Waals surface area contributed by atoms with Gasteiger partial charge in [-0.2, -0.15) is 0 Å². The summed E-state index contributed by atoms with van der Waals surface area (Å²) in [5.41, 5.74) is 1.05. The highest BCUT2D eigenvalue weighted by atomic mass is 33.1. The molecule has 0 aliphatic heterocycles. The molecule has 0 radical (unpaired) electrons. The van der Waals surface area contributed by atoms with Crippen molar-refractivity contribution >= 4 is 28.7 Å². The second kappa shape index (κ2) is 6.63. The summed E-state index contributed by atoms with van der Waals surface area (Å²) in [7, 11) is 1.07. The first-order valence-corrected chi connectivity index (χ1v) is 6.40. The zero-order chi connectivity index (χ0) is 11.1. The van der Waals surface area contributed by atoms with Crippen LogP contribution in [0.3, 0.4) is 0 Å². The van der Waals surface area contributed by atoms with Gasteiger partial charge in [0.1, 0.15) is 0 Å². The molecular weight excluding hydrogens is 230 g/mol. The van der Waals surface area contributed by atoms with Crippen LogP contribution < -0.4 is 0 Å². The van der Waals surface area contributed by atoms with Crippen LogP contribution in [0.4, 0.5) is 4.79 Å². The van der Waals surface area contributed by atoms with Gasteiger partial charge in [0.05, 0.1) is 13.2 Å². The van der Waals surface area contributed by atoms with Crippen molar-refractivity contribution in [2.24, 2.45) is 0 Å². The van der Waals surface area contributed by atoms with E-state index in [1.54, 1.807) is 6.92 Å². The zero-order valence-corrected chi connectivity index (χ0v) is 10.1. The molecule has 82 valence electrons. The molecule has 1 aromatic carbocycles. The number of rotatable bonds is 4. The molecule has 0 saturated carbocycles. The fourth-order valence-corrected chi connectivity index (χ4v) is 1.77. The lowest BCUT2D eigenvalue weighted by Gasteiger charge is -2.17. The van der Waals surface area contributed by atoms with Gasteiger partial charge in [-0.1, -0.05) is 42.0 Å². The molecule has 0 spiro atoms. The minimum Gasteiger partial charge on any atom is -0.449 e. The monoisotopic (exact) mass is 243 g/mol. The Bertz CT molecular complexity index is 306. The van der Waals surface area contributed by atoms with Crippen molar-refractivity contribution in [3.05, 3.63) is 35.9 Å². The van der Waals surface area contributed by atoms with E-state index in [0.29, 0.717) is 13.2 Å². The summed E-state index contributed by atoms with van der Waals surface area (Å²) in [5.74, 6) is 0. The van der Waals surface area contributed by atoms with E-state index in [9.17, 15) is 4.79 Å². The van der Waals surface area contributed by atoms with Crippen LogP contribution in [0.2, 0.25) is 0 Å². The van der Waals surface area contributed by atoms with Crippen LogP contribution in [0.5, 0.6) is 0 Å². The van der Waals surface area contributed by atoms with Gasteiger partial charge in [-0.25, -0.2) is 9.10 Å². The summed E-state index contributed by atoms with van der Waals surface area (Å²) in [5, 5.41) is 0. The van der Waals surface area contributed by atoms with E-state index < -0.39 is 0 Å². The number of hydrogen-bond donors (Lipinski definition) is 1. The third-order valence-electron chi connectivity index (χ3n) is 1.74. The summed E-state index contributed by atoms with van der Waals surface area (Å²) < 4.78 is 6.34. The Kier molecular flexibility index (Phi) is 5.42. The standard InChI is InChI=1S/C10H13NO2S2/c1-2-13-10(12)11(15-14)8-9-6-4-3-5-7-9/h3-7,14H,2,8H2,1H3. The highest BCUT2D eigenvalue weighted by Crippen LogP contribution is 2.19. The molecule has 0 aliphatic rings. The van der Waals surface area contributed by atoms with Gasteiger partial charge in [-0.05, 0) is 12.5 Å². The number of hydrogen-bond acceptors (Lipinski definition) is 4. The number of carbonyl (C=O) groups excluding carboxylic acids is 1. The second-order valence-electron chi connectivity index (χ2n) is 2.80. The largest absolute Gasteiger partial charge is 0.449 e. The van der Waals surface area contributed by atoms with E-state index in [-0.39, 0.29) is 6.09 Å². The van der Waals surface area contributed by atoms with E-state index in [1.165, 1.54) is 4.31 Å². The average Bonchev–Trinajstić information content (AvgIpc) is 2.27. The van der Waals surface area contributed by atoms with Crippen LogP contribution in [0.15, 0.2) is 30.3 Å². The Morgan fingerprint density at radius 2 is 2.13 bits per heavy atom. The molecule has 0 N–H and O–H groups in total. The summed E-state index contributed by atoms with van der Waals surface area (Å²) >= 11 is 4.02. The molecule has 1 aromatic rings. The summed E-state index contributed by atoms with van der Waals surface area (Å²) in [4.78, 5) is 11.4. The fourth-order valence-electron chi connectivity index (χ4n) is 1.07. The Labute approximate surface area is 98.7 Å². The molecule has 0 fully saturated rings. The van der Waals surface area contributed by atoms with Crippen molar-refractivity contribution in [1.29, 1.82) is 0 Å². The quantitative estimate of drug-likeness (QED) is 0.500. The van der Waals surface area contributed by atoms with Gasteiger partial charge in [0.25, 0.3) is 0 Å². The Morgan fingerprint density at radius 1 is 1.47 bits per heavy atom. The lowest BCUT2D eigenvalue weighted by Crippen LogP contribution is -2.23. The van der Waals surface area contributed by atoms with Gasteiger partial charge in [0.15, 0.2) is 0 Å². The number of ether oxygens (including phenoxy) is 1. The predicted octanol–water partition coefficient (Wildman–Crippen LogP) is 3.14. The number of benzene rings is 1. The Morgan fingerprint density at radius 3 is 2.67 bits per heavy atom. The van der Waals surface area contributed by atoms with Gasteiger partial charge in [0, 0.05) is 11.0 Å². The van der Waals surface area contributed by atoms with Gasteiger partial charge in [-0.15, -0.1) is 0 Å². The average molecular weight is 243 g/mol. The first-order valence-electron chi connectivity index (χ1n) is 4.57. The van der Waals surface area contributed by atoms with Gasteiger partial charge < -0.3 is 4.74 Å². The Hall–Kier alpha value is -0.810. The fraction of sp³-hybridized carbons (Fsp3) is 0.300. The molecule has 5 heteroatoms. The SMILES string of the molecule is CCOC(=O)N(Cc1ccccc1)SS. The van der Waals surface area contributed by atoms with E-state index in [0.717, 1.165) is 16.5 Å². The molecule has 3 nitrogen and oxygen atoms in total. The molecule has 15 heavy (non-hydrogen) atoms. The number of nitrogens with zero attached hydrogens (tertiary/aromatic N) is 1. The maximum absolute atomic E-state index is 11.4. The molecule has 1 amide bonds. The number of carbonyl (C=O) groups is 1. The van der Waals surface area contributed by atoms with Crippen molar-refractivity contribution in [1.82, 2.24) is 4.31 Å². The van der Waals surface area contributed by atoms with Crippen molar-refractivity contribution in [2.75, 3.05) is 6.61 Å². The lowest BCUT2D eigenvalue weighted by molar-refractivity contribution is 0.133. The van der Waals surface area contributed by atoms with Crippen molar-refractivity contribution in [3.8, 4) is 0 Å².